The zero-order valence-corrected chi connectivity index (χ0v) is 15.3. The van der Waals surface area contributed by atoms with Crippen molar-refractivity contribution >= 4 is 35.2 Å². The number of nitrogens with two attached hydrogens (primary N) is 1. The van der Waals surface area contributed by atoms with Gasteiger partial charge in [0.1, 0.15) is 11.4 Å². The minimum atomic E-state index is -0.914. The number of nitrogens with one attached hydrogen (secondary N) is 1. The summed E-state index contributed by atoms with van der Waals surface area (Å²) in [7, 11) is 0. The topological polar surface area (TPSA) is 124 Å². The second kappa shape index (κ2) is 9.00. The molecule has 0 unspecified atom stereocenters. The van der Waals surface area contributed by atoms with Gasteiger partial charge in [0.05, 0.1) is 0 Å². The fourth-order valence-electron chi connectivity index (χ4n) is 2.30. The van der Waals surface area contributed by atoms with E-state index in [-0.39, 0.29) is 12.4 Å². The molecule has 0 amide bonds. The van der Waals surface area contributed by atoms with Gasteiger partial charge in [0, 0.05) is 17.6 Å². The smallest absolute Gasteiger partial charge is 0.331 e. The highest BCUT2D eigenvalue weighted by molar-refractivity contribution is 6.30. The first-order valence-corrected chi connectivity index (χ1v) is 8.47. The molecule has 8 nitrogen and oxygen atoms in total. The average molecular weight is 392 g/mol. The summed E-state index contributed by atoms with van der Waals surface area (Å²) >= 11 is 5.77. The van der Waals surface area contributed by atoms with E-state index in [1.807, 2.05) is 11.9 Å². The third kappa shape index (κ3) is 5.18. The van der Waals surface area contributed by atoms with Crippen molar-refractivity contribution in [2.24, 2.45) is 0 Å². The Kier molecular flexibility index (Phi) is 6.73. The van der Waals surface area contributed by atoms with Crippen LogP contribution in [0, 0.1) is 0 Å². The number of hydrogen-bond acceptors (Lipinski definition) is 6. The molecule has 1 aromatic carbocycles. The number of nitrogen functional groups attached to an aromatic ring is 1. The standard InChI is InChI=1S/C18H18ClN3O5/c1-2-9-22-16(20)15(17(25)21-18(22)26)13(23)10-27-14(24)8-5-11-3-6-12(19)7-4-11/h3-8H,2,9-10,20H2,1H3,(H,21,25,26)/b8-5+. The second-order valence-corrected chi connectivity index (χ2v) is 6.02. The molecule has 142 valence electrons. The van der Waals surface area contributed by atoms with Crippen LogP contribution >= 0.6 is 11.6 Å². The molecule has 1 aromatic heterocycles. The first-order valence-electron chi connectivity index (χ1n) is 8.09. The third-order valence-electron chi connectivity index (χ3n) is 3.59. The minimum absolute atomic E-state index is 0.241. The van der Waals surface area contributed by atoms with Crippen molar-refractivity contribution in [3.63, 3.8) is 0 Å². The number of aromatic nitrogens is 2. The van der Waals surface area contributed by atoms with Crippen LogP contribution < -0.4 is 17.0 Å². The van der Waals surface area contributed by atoms with Gasteiger partial charge in [0.15, 0.2) is 6.61 Å². The van der Waals surface area contributed by atoms with Crippen LogP contribution in [0.5, 0.6) is 0 Å². The lowest BCUT2D eigenvalue weighted by atomic mass is 10.2. The van der Waals surface area contributed by atoms with E-state index in [4.69, 9.17) is 22.1 Å². The number of halogens is 1. The molecule has 0 saturated heterocycles. The van der Waals surface area contributed by atoms with Crippen molar-refractivity contribution in [2.45, 2.75) is 19.9 Å². The Balaban J connectivity index is 2.08. The lowest BCUT2D eigenvalue weighted by Gasteiger charge is -2.10. The van der Waals surface area contributed by atoms with Gasteiger partial charge in [-0.2, -0.15) is 0 Å². The molecule has 0 radical (unpaired) electrons. The molecule has 0 saturated carbocycles. The molecule has 0 aliphatic rings. The summed E-state index contributed by atoms with van der Waals surface area (Å²) in [5.41, 5.74) is 4.48. The highest BCUT2D eigenvalue weighted by atomic mass is 35.5. The second-order valence-electron chi connectivity index (χ2n) is 5.59. The third-order valence-corrected chi connectivity index (χ3v) is 3.85. The highest BCUT2D eigenvalue weighted by Crippen LogP contribution is 2.11. The number of ether oxygens (including phenoxy) is 1. The van der Waals surface area contributed by atoms with Gasteiger partial charge in [-0.1, -0.05) is 30.7 Å². The van der Waals surface area contributed by atoms with Crippen LogP contribution in [0.25, 0.3) is 6.08 Å². The maximum Gasteiger partial charge on any atom is 0.331 e. The number of ketones is 1. The zero-order valence-electron chi connectivity index (χ0n) is 14.5. The first kappa shape index (κ1) is 20.2. The average Bonchev–Trinajstić information content (AvgIpc) is 2.62. The number of rotatable bonds is 7. The van der Waals surface area contributed by atoms with Gasteiger partial charge >= 0.3 is 11.7 Å². The molecule has 0 atom stereocenters. The number of aromatic amines is 1. The summed E-state index contributed by atoms with van der Waals surface area (Å²) < 4.78 is 5.94. The van der Waals surface area contributed by atoms with E-state index in [1.54, 1.807) is 24.3 Å². The van der Waals surface area contributed by atoms with E-state index in [0.29, 0.717) is 11.4 Å². The number of carbonyl (C=O) groups is 2. The van der Waals surface area contributed by atoms with E-state index in [0.717, 1.165) is 16.2 Å². The summed E-state index contributed by atoms with van der Waals surface area (Å²) in [5.74, 6) is -1.81. The van der Waals surface area contributed by atoms with Gasteiger partial charge in [-0.25, -0.2) is 9.59 Å². The van der Waals surface area contributed by atoms with Gasteiger partial charge in [0.25, 0.3) is 5.56 Å². The van der Waals surface area contributed by atoms with Crippen molar-refractivity contribution in [1.82, 2.24) is 9.55 Å². The molecular weight excluding hydrogens is 374 g/mol. The summed E-state index contributed by atoms with van der Waals surface area (Å²) in [5, 5.41) is 0.563. The van der Waals surface area contributed by atoms with Gasteiger partial charge in [-0.3, -0.25) is 19.1 Å². The Bertz CT molecular complexity index is 990. The van der Waals surface area contributed by atoms with E-state index >= 15 is 0 Å². The molecule has 1 heterocycles. The number of esters is 1. The van der Waals surface area contributed by atoms with Crippen molar-refractivity contribution in [1.29, 1.82) is 0 Å². The number of benzene rings is 1. The molecule has 0 fully saturated rings. The maximum absolute atomic E-state index is 12.2. The number of H-pyrrole nitrogens is 1. The summed E-state index contributed by atoms with van der Waals surface area (Å²) in [4.78, 5) is 49.7. The van der Waals surface area contributed by atoms with Crippen LogP contribution in [0.2, 0.25) is 5.02 Å². The van der Waals surface area contributed by atoms with Crippen LogP contribution in [-0.4, -0.2) is 27.9 Å². The summed E-state index contributed by atoms with van der Waals surface area (Å²) in [6, 6.07) is 6.73. The van der Waals surface area contributed by atoms with Gasteiger partial charge < -0.3 is 10.5 Å². The quantitative estimate of drug-likeness (QED) is 0.420. The Morgan fingerprint density at radius 1 is 1.26 bits per heavy atom. The molecule has 2 rings (SSSR count). The molecule has 0 bridgehead atoms. The number of nitrogens with zero attached hydrogens (tertiary/aromatic N) is 1. The fraction of sp³-hybridized carbons (Fsp3) is 0.222. The molecule has 3 N–H and O–H groups in total. The van der Waals surface area contributed by atoms with Crippen LogP contribution in [0.15, 0.2) is 39.9 Å². The summed E-state index contributed by atoms with van der Waals surface area (Å²) in [6.07, 6.45) is 3.21. The van der Waals surface area contributed by atoms with Gasteiger partial charge in [-0.05, 0) is 30.2 Å². The van der Waals surface area contributed by atoms with E-state index in [1.165, 1.54) is 6.08 Å². The monoisotopic (exact) mass is 391 g/mol. The predicted octanol–water partition coefficient (Wildman–Crippen LogP) is 1.62. The molecule has 0 aliphatic carbocycles. The van der Waals surface area contributed by atoms with Gasteiger partial charge in [0.2, 0.25) is 5.78 Å². The molecule has 9 heteroatoms. The summed E-state index contributed by atoms with van der Waals surface area (Å²) in [6.45, 7) is 1.38. The van der Waals surface area contributed by atoms with E-state index in [9.17, 15) is 19.2 Å². The van der Waals surface area contributed by atoms with Crippen LogP contribution in [0.3, 0.4) is 0 Å². The maximum atomic E-state index is 12.2. The van der Waals surface area contributed by atoms with Crippen LogP contribution in [0.1, 0.15) is 29.3 Å². The minimum Gasteiger partial charge on any atom is -0.454 e. The van der Waals surface area contributed by atoms with Crippen molar-refractivity contribution in [3.8, 4) is 0 Å². The van der Waals surface area contributed by atoms with Crippen LogP contribution in [-0.2, 0) is 16.1 Å². The molecule has 0 aliphatic heterocycles. The number of anilines is 1. The lowest BCUT2D eigenvalue weighted by molar-refractivity contribution is -0.136. The number of Topliss-reactive ketones (excluding diaryl/α,β-unsaturated/α-hetero) is 1. The van der Waals surface area contributed by atoms with Crippen LogP contribution in [0.4, 0.5) is 5.82 Å². The fourth-order valence-corrected chi connectivity index (χ4v) is 2.42. The molecular formula is C18H18ClN3O5. The predicted molar refractivity (Wildman–Crippen MR) is 102 cm³/mol. The SMILES string of the molecule is CCCn1c(N)c(C(=O)COC(=O)/C=C/c2ccc(Cl)cc2)c(=O)[nH]c1=O. The van der Waals surface area contributed by atoms with Crippen molar-refractivity contribution in [3.05, 3.63) is 67.3 Å². The van der Waals surface area contributed by atoms with E-state index in [2.05, 4.69) is 0 Å². The molecule has 0 spiro atoms. The van der Waals surface area contributed by atoms with E-state index < -0.39 is 35.2 Å². The molecule has 2 aromatic rings. The number of carbonyl (C=O) groups excluding carboxylic acids is 2. The van der Waals surface area contributed by atoms with Crippen molar-refractivity contribution < 1.29 is 14.3 Å². The Labute approximate surface area is 159 Å². The first-order chi connectivity index (χ1) is 12.8. The zero-order chi connectivity index (χ0) is 20.0. The van der Waals surface area contributed by atoms with Crippen molar-refractivity contribution in [2.75, 3.05) is 12.3 Å². The normalized spacial score (nSPS) is 10.9. The van der Waals surface area contributed by atoms with Gasteiger partial charge in [-0.15, -0.1) is 0 Å². The Morgan fingerprint density at radius 3 is 2.56 bits per heavy atom. The Hall–Kier alpha value is -3.13. The largest absolute Gasteiger partial charge is 0.454 e. The lowest BCUT2D eigenvalue weighted by Crippen LogP contribution is -2.37. The highest BCUT2D eigenvalue weighted by Gasteiger charge is 2.20. The Morgan fingerprint density at radius 2 is 1.93 bits per heavy atom. The number of hydrogen-bond donors (Lipinski definition) is 2. The molecule has 27 heavy (non-hydrogen) atoms.